The number of non-ortho nitro benzene ring substituents is 1. The molecule has 0 saturated carbocycles. The Morgan fingerprint density at radius 3 is 2.69 bits per heavy atom. The lowest BCUT2D eigenvalue weighted by atomic mass is 10.2. The Morgan fingerprint density at radius 2 is 1.97 bits per heavy atom. The van der Waals surface area contributed by atoms with E-state index in [9.17, 15) is 10.1 Å². The van der Waals surface area contributed by atoms with Crippen molar-refractivity contribution in [3.8, 4) is 0 Å². The summed E-state index contributed by atoms with van der Waals surface area (Å²) in [5.74, 6) is 1.82. The maximum Gasteiger partial charge on any atom is 0.270 e. The number of hydrogen-bond acceptors (Lipinski definition) is 7. The van der Waals surface area contributed by atoms with Gasteiger partial charge in [-0.3, -0.25) is 15.0 Å². The van der Waals surface area contributed by atoms with Crippen molar-refractivity contribution >= 4 is 28.2 Å². The van der Waals surface area contributed by atoms with Gasteiger partial charge in [0.25, 0.3) is 5.69 Å². The number of rotatable bonds is 6. The average molecular weight is 392 g/mol. The third kappa shape index (κ3) is 4.60. The van der Waals surface area contributed by atoms with Crippen LogP contribution < -0.4 is 10.2 Å². The second-order valence-corrected chi connectivity index (χ2v) is 7.35. The Hall–Kier alpha value is -3.26. The minimum absolute atomic E-state index is 0.0817. The maximum absolute atomic E-state index is 10.9. The molecular formula is C21H24N6O2. The number of nitro benzene ring substituents is 1. The van der Waals surface area contributed by atoms with Gasteiger partial charge in [-0.2, -0.15) is 0 Å². The summed E-state index contributed by atoms with van der Waals surface area (Å²) in [5, 5.41) is 15.1. The summed E-state index contributed by atoms with van der Waals surface area (Å²) in [7, 11) is 0. The zero-order valence-electron chi connectivity index (χ0n) is 16.4. The molecule has 0 bridgehead atoms. The van der Waals surface area contributed by atoms with Gasteiger partial charge in [0.15, 0.2) is 0 Å². The van der Waals surface area contributed by atoms with E-state index in [-0.39, 0.29) is 16.7 Å². The molecule has 1 aliphatic rings. The Kier molecular flexibility index (Phi) is 5.53. The predicted molar refractivity (Wildman–Crippen MR) is 114 cm³/mol. The standard InChI is InChI=1S/C21H24N6O2/c1-16(15-25-10-12-26(13-11-25)21-4-2-3-9-22-21)23-20-8-5-17-14-18(27(28)29)6-7-19(17)24-20/h2-9,14,16H,10-13,15H2,1H3,(H,23,24). The van der Waals surface area contributed by atoms with E-state index in [1.165, 1.54) is 6.07 Å². The number of hydrogen-bond donors (Lipinski definition) is 1. The number of benzene rings is 1. The highest BCUT2D eigenvalue weighted by molar-refractivity contribution is 5.82. The van der Waals surface area contributed by atoms with Crippen LogP contribution in [0.15, 0.2) is 54.7 Å². The van der Waals surface area contributed by atoms with Crippen LogP contribution in [0.4, 0.5) is 17.3 Å². The SMILES string of the molecule is CC(CN1CCN(c2ccccn2)CC1)Nc1ccc2cc([N+](=O)[O-])ccc2n1. The fourth-order valence-corrected chi connectivity index (χ4v) is 3.69. The van der Waals surface area contributed by atoms with Crippen LogP contribution in [0, 0.1) is 10.1 Å². The minimum atomic E-state index is -0.388. The molecular weight excluding hydrogens is 368 g/mol. The van der Waals surface area contributed by atoms with Crippen molar-refractivity contribution < 1.29 is 4.92 Å². The fraction of sp³-hybridized carbons (Fsp3) is 0.333. The normalized spacial score (nSPS) is 16.0. The zero-order chi connectivity index (χ0) is 20.2. The maximum atomic E-state index is 10.9. The van der Waals surface area contributed by atoms with Gasteiger partial charge in [0.1, 0.15) is 11.6 Å². The van der Waals surface area contributed by atoms with Crippen LogP contribution in [0.2, 0.25) is 0 Å². The first-order valence-corrected chi connectivity index (χ1v) is 9.78. The molecule has 0 aliphatic carbocycles. The van der Waals surface area contributed by atoms with Crippen molar-refractivity contribution in [3.63, 3.8) is 0 Å². The lowest BCUT2D eigenvalue weighted by molar-refractivity contribution is -0.384. The number of nitrogens with one attached hydrogen (secondary N) is 1. The zero-order valence-corrected chi connectivity index (χ0v) is 16.4. The van der Waals surface area contributed by atoms with Crippen molar-refractivity contribution in [2.75, 3.05) is 42.9 Å². The van der Waals surface area contributed by atoms with Crippen molar-refractivity contribution in [1.82, 2.24) is 14.9 Å². The van der Waals surface area contributed by atoms with Crippen LogP contribution in [0.1, 0.15) is 6.92 Å². The molecule has 8 nitrogen and oxygen atoms in total. The highest BCUT2D eigenvalue weighted by atomic mass is 16.6. The van der Waals surface area contributed by atoms with Gasteiger partial charge >= 0.3 is 0 Å². The summed E-state index contributed by atoms with van der Waals surface area (Å²) in [6.45, 7) is 7.01. The molecule has 0 amide bonds. The molecule has 1 unspecified atom stereocenters. The summed E-state index contributed by atoms with van der Waals surface area (Å²) in [4.78, 5) is 24.3. The van der Waals surface area contributed by atoms with Crippen LogP contribution in [-0.2, 0) is 0 Å². The Morgan fingerprint density at radius 1 is 1.14 bits per heavy atom. The smallest absolute Gasteiger partial charge is 0.270 e. The summed E-state index contributed by atoms with van der Waals surface area (Å²) in [5.41, 5.74) is 0.829. The molecule has 150 valence electrons. The first-order chi connectivity index (χ1) is 14.1. The highest BCUT2D eigenvalue weighted by Gasteiger charge is 2.19. The number of pyridine rings is 2. The van der Waals surface area contributed by atoms with Gasteiger partial charge in [0.05, 0.1) is 10.4 Å². The van der Waals surface area contributed by atoms with Crippen molar-refractivity contribution in [3.05, 3.63) is 64.8 Å². The first kappa shape index (κ1) is 19.1. The van der Waals surface area contributed by atoms with Crippen LogP contribution in [-0.4, -0.2) is 58.6 Å². The van der Waals surface area contributed by atoms with Crippen LogP contribution in [0.25, 0.3) is 10.9 Å². The van der Waals surface area contributed by atoms with Crippen molar-refractivity contribution in [2.24, 2.45) is 0 Å². The first-order valence-electron chi connectivity index (χ1n) is 9.78. The molecule has 1 atom stereocenters. The van der Waals surface area contributed by atoms with Gasteiger partial charge in [-0.15, -0.1) is 0 Å². The number of nitrogens with zero attached hydrogens (tertiary/aromatic N) is 5. The fourth-order valence-electron chi connectivity index (χ4n) is 3.69. The number of aromatic nitrogens is 2. The van der Waals surface area contributed by atoms with E-state index >= 15 is 0 Å². The molecule has 1 fully saturated rings. The summed E-state index contributed by atoms with van der Waals surface area (Å²) in [6.07, 6.45) is 1.84. The number of fused-ring (bicyclic) bond motifs is 1. The van der Waals surface area contributed by atoms with Crippen LogP contribution >= 0.6 is 0 Å². The molecule has 0 spiro atoms. The lowest BCUT2D eigenvalue weighted by Crippen LogP contribution is -2.49. The number of nitro groups is 1. The Labute approximate surface area is 169 Å². The van der Waals surface area contributed by atoms with Gasteiger partial charge in [-0.25, -0.2) is 9.97 Å². The van der Waals surface area contributed by atoms with Gasteiger partial charge in [0, 0.05) is 62.5 Å². The molecule has 3 aromatic rings. The summed E-state index contributed by atoms with van der Waals surface area (Å²) >= 11 is 0. The summed E-state index contributed by atoms with van der Waals surface area (Å²) in [6, 6.07) is 14.7. The quantitative estimate of drug-likeness (QED) is 0.509. The molecule has 1 aliphatic heterocycles. The molecule has 1 N–H and O–H groups in total. The molecule has 0 radical (unpaired) electrons. The molecule has 1 aromatic carbocycles. The van der Waals surface area contributed by atoms with Gasteiger partial charge < -0.3 is 10.2 Å². The largest absolute Gasteiger partial charge is 0.366 e. The second kappa shape index (κ2) is 8.40. The van der Waals surface area contributed by atoms with E-state index in [0.717, 1.165) is 55.3 Å². The minimum Gasteiger partial charge on any atom is -0.366 e. The molecule has 4 rings (SSSR count). The molecule has 8 heteroatoms. The van der Waals surface area contributed by atoms with E-state index in [0.29, 0.717) is 0 Å². The third-order valence-corrected chi connectivity index (χ3v) is 5.16. The van der Waals surface area contributed by atoms with Crippen LogP contribution in [0.5, 0.6) is 0 Å². The van der Waals surface area contributed by atoms with E-state index < -0.39 is 0 Å². The van der Waals surface area contributed by atoms with Crippen molar-refractivity contribution in [2.45, 2.75) is 13.0 Å². The van der Waals surface area contributed by atoms with E-state index in [1.807, 2.05) is 30.5 Å². The molecule has 1 saturated heterocycles. The van der Waals surface area contributed by atoms with E-state index in [1.54, 1.807) is 12.1 Å². The van der Waals surface area contributed by atoms with E-state index in [4.69, 9.17) is 0 Å². The lowest BCUT2D eigenvalue weighted by Gasteiger charge is -2.36. The molecule has 29 heavy (non-hydrogen) atoms. The number of anilines is 2. The third-order valence-electron chi connectivity index (χ3n) is 5.16. The van der Waals surface area contributed by atoms with Crippen LogP contribution in [0.3, 0.4) is 0 Å². The highest BCUT2D eigenvalue weighted by Crippen LogP contribution is 2.21. The number of piperazine rings is 1. The van der Waals surface area contributed by atoms with Gasteiger partial charge in [-0.1, -0.05) is 6.07 Å². The molecule has 2 aromatic heterocycles. The van der Waals surface area contributed by atoms with E-state index in [2.05, 4.69) is 38.1 Å². The topological polar surface area (TPSA) is 87.4 Å². The van der Waals surface area contributed by atoms with Gasteiger partial charge in [0.2, 0.25) is 0 Å². The average Bonchev–Trinajstić information content (AvgIpc) is 2.74. The Bertz CT molecular complexity index is 989. The monoisotopic (exact) mass is 392 g/mol. The second-order valence-electron chi connectivity index (χ2n) is 7.35. The summed E-state index contributed by atoms with van der Waals surface area (Å²) < 4.78 is 0. The molecule has 3 heterocycles. The predicted octanol–water partition coefficient (Wildman–Crippen LogP) is 3.16. The van der Waals surface area contributed by atoms with Gasteiger partial charge in [-0.05, 0) is 37.3 Å². The van der Waals surface area contributed by atoms with Crippen molar-refractivity contribution in [1.29, 1.82) is 0 Å². The Balaban J connectivity index is 1.32.